The number of benzene rings is 1. The monoisotopic (exact) mass is 281 g/mol. The summed E-state index contributed by atoms with van der Waals surface area (Å²) in [5.74, 6) is -0.0332. The molecule has 0 aromatic heterocycles. The fraction of sp³-hybridized carbons (Fsp3) is 0.562. The van der Waals surface area contributed by atoms with Crippen LogP contribution in [0, 0.1) is 0 Å². The molecule has 1 aromatic carbocycles. The van der Waals surface area contributed by atoms with Gasteiger partial charge in [0.1, 0.15) is 5.38 Å². The molecular weight excluding hydrogens is 258 g/mol. The van der Waals surface area contributed by atoms with Crippen LogP contribution >= 0.6 is 11.6 Å². The Bertz CT molecular complexity index is 353. The molecule has 0 radical (unpaired) electrons. The van der Waals surface area contributed by atoms with E-state index in [1.54, 1.807) is 0 Å². The lowest BCUT2D eigenvalue weighted by molar-refractivity contribution is -0.120. The van der Waals surface area contributed by atoms with E-state index in [-0.39, 0.29) is 11.3 Å². The summed E-state index contributed by atoms with van der Waals surface area (Å²) >= 11 is 6.08. The van der Waals surface area contributed by atoms with Gasteiger partial charge in [-0.3, -0.25) is 4.79 Å². The van der Waals surface area contributed by atoms with Gasteiger partial charge < -0.3 is 5.32 Å². The molecule has 0 fully saturated rings. The molecule has 0 saturated heterocycles. The Morgan fingerprint density at radius 2 is 1.95 bits per heavy atom. The molecule has 0 bridgehead atoms. The summed E-state index contributed by atoms with van der Waals surface area (Å²) in [5.41, 5.74) is 1.23. The van der Waals surface area contributed by atoms with Crippen molar-refractivity contribution >= 4 is 17.5 Å². The number of rotatable bonds is 9. The van der Waals surface area contributed by atoms with Crippen molar-refractivity contribution in [2.24, 2.45) is 0 Å². The molecule has 0 spiro atoms. The van der Waals surface area contributed by atoms with Crippen molar-refractivity contribution in [2.45, 2.75) is 50.8 Å². The van der Waals surface area contributed by atoms with Gasteiger partial charge in [0.05, 0.1) is 0 Å². The number of carbonyl (C=O) groups is 1. The Morgan fingerprint density at radius 3 is 2.63 bits per heavy atom. The van der Waals surface area contributed by atoms with Crippen molar-refractivity contribution < 1.29 is 4.79 Å². The van der Waals surface area contributed by atoms with E-state index in [0.717, 1.165) is 25.7 Å². The Morgan fingerprint density at radius 1 is 1.21 bits per heavy atom. The van der Waals surface area contributed by atoms with Crippen molar-refractivity contribution in [3.05, 3.63) is 35.9 Å². The zero-order valence-electron chi connectivity index (χ0n) is 11.7. The first-order chi connectivity index (χ1) is 9.24. The molecular formula is C16H24ClNO. The van der Waals surface area contributed by atoms with Gasteiger partial charge in [-0.1, -0.05) is 62.9 Å². The van der Waals surface area contributed by atoms with Crippen LogP contribution in [0.5, 0.6) is 0 Å². The lowest BCUT2D eigenvalue weighted by Gasteiger charge is -2.10. The van der Waals surface area contributed by atoms with Gasteiger partial charge >= 0.3 is 0 Å². The van der Waals surface area contributed by atoms with E-state index in [0.29, 0.717) is 6.54 Å². The van der Waals surface area contributed by atoms with Crippen LogP contribution in [0.4, 0.5) is 0 Å². The zero-order chi connectivity index (χ0) is 13.9. The van der Waals surface area contributed by atoms with E-state index < -0.39 is 0 Å². The van der Waals surface area contributed by atoms with E-state index in [1.807, 2.05) is 18.2 Å². The van der Waals surface area contributed by atoms with Crippen LogP contribution in [0.25, 0.3) is 0 Å². The maximum Gasteiger partial charge on any atom is 0.238 e. The highest BCUT2D eigenvalue weighted by Crippen LogP contribution is 2.10. The van der Waals surface area contributed by atoms with Crippen LogP contribution in [0.2, 0.25) is 0 Å². The molecule has 0 aliphatic heterocycles. The molecule has 0 aliphatic rings. The standard InChI is InChI=1S/C16H24ClNO/c1-2-3-4-8-11-15(17)16(19)18-13-12-14-9-6-5-7-10-14/h5-7,9-10,15H,2-4,8,11-13H2,1H3,(H,18,19). The molecule has 1 amide bonds. The van der Waals surface area contributed by atoms with Crippen LogP contribution in [-0.2, 0) is 11.2 Å². The van der Waals surface area contributed by atoms with Gasteiger partial charge in [0.2, 0.25) is 5.91 Å². The van der Waals surface area contributed by atoms with Gasteiger partial charge in [0.15, 0.2) is 0 Å². The molecule has 1 atom stereocenters. The Balaban J connectivity index is 2.13. The van der Waals surface area contributed by atoms with Crippen molar-refractivity contribution in [1.82, 2.24) is 5.32 Å². The molecule has 0 heterocycles. The molecule has 106 valence electrons. The van der Waals surface area contributed by atoms with Gasteiger partial charge in [-0.25, -0.2) is 0 Å². The number of nitrogens with one attached hydrogen (secondary N) is 1. The average molecular weight is 282 g/mol. The van der Waals surface area contributed by atoms with E-state index in [2.05, 4.69) is 24.4 Å². The fourth-order valence-electron chi connectivity index (χ4n) is 1.97. The van der Waals surface area contributed by atoms with E-state index in [9.17, 15) is 4.79 Å². The SMILES string of the molecule is CCCCCCC(Cl)C(=O)NCCc1ccccc1. The highest BCUT2D eigenvalue weighted by Gasteiger charge is 2.13. The van der Waals surface area contributed by atoms with Crippen LogP contribution < -0.4 is 5.32 Å². The van der Waals surface area contributed by atoms with Crippen LogP contribution in [-0.4, -0.2) is 17.8 Å². The molecule has 1 unspecified atom stereocenters. The Kier molecular flexibility index (Phi) is 8.31. The normalized spacial score (nSPS) is 12.1. The minimum atomic E-state index is -0.382. The van der Waals surface area contributed by atoms with Gasteiger partial charge in [-0.05, 0) is 18.4 Å². The van der Waals surface area contributed by atoms with Gasteiger partial charge in [-0.2, -0.15) is 0 Å². The number of hydrogen-bond acceptors (Lipinski definition) is 1. The highest BCUT2D eigenvalue weighted by molar-refractivity contribution is 6.30. The number of carbonyl (C=O) groups excluding carboxylic acids is 1. The van der Waals surface area contributed by atoms with E-state index in [1.165, 1.54) is 18.4 Å². The first kappa shape index (κ1) is 16.0. The van der Waals surface area contributed by atoms with Crippen molar-refractivity contribution in [1.29, 1.82) is 0 Å². The van der Waals surface area contributed by atoms with Crippen molar-refractivity contribution in [3.63, 3.8) is 0 Å². The fourth-order valence-corrected chi connectivity index (χ4v) is 2.20. The molecule has 0 aliphatic carbocycles. The minimum Gasteiger partial charge on any atom is -0.354 e. The zero-order valence-corrected chi connectivity index (χ0v) is 12.5. The second kappa shape index (κ2) is 9.85. The molecule has 3 heteroatoms. The first-order valence-corrected chi connectivity index (χ1v) is 7.63. The highest BCUT2D eigenvalue weighted by atomic mass is 35.5. The quantitative estimate of drug-likeness (QED) is 0.539. The number of alkyl halides is 1. The van der Waals surface area contributed by atoms with E-state index in [4.69, 9.17) is 11.6 Å². The number of halogens is 1. The number of hydrogen-bond donors (Lipinski definition) is 1. The van der Waals surface area contributed by atoms with Crippen LogP contribution in [0.3, 0.4) is 0 Å². The summed E-state index contributed by atoms with van der Waals surface area (Å²) in [4.78, 5) is 11.8. The molecule has 1 rings (SSSR count). The predicted molar refractivity (Wildman–Crippen MR) is 81.6 cm³/mol. The van der Waals surface area contributed by atoms with Gasteiger partial charge in [0, 0.05) is 6.54 Å². The molecule has 2 nitrogen and oxygen atoms in total. The molecule has 1 N–H and O–H groups in total. The first-order valence-electron chi connectivity index (χ1n) is 7.19. The summed E-state index contributed by atoms with van der Waals surface area (Å²) in [6.45, 7) is 2.83. The predicted octanol–water partition coefficient (Wildman–Crippen LogP) is 3.92. The Hall–Kier alpha value is -1.02. The third kappa shape index (κ3) is 7.22. The molecule has 0 saturated carbocycles. The summed E-state index contributed by atoms with van der Waals surface area (Å²) in [6, 6.07) is 10.1. The van der Waals surface area contributed by atoms with Crippen LogP contribution in [0.1, 0.15) is 44.6 Å². The molecule has 19 heavy (non-hydrogen) atoms. The summed E-state index contributed by atoms with van der Waals surface area (Å²) in [7, 11) is 0. The summed E-state index contributed by atoms with van der Waals surface area (Å²) < 4.78 is 0. The minimum absolute atomic E-state index is 0.0332. The topological polar surface area (TPSA) is 29.1 Å². The number of unbranched alkanes of at least 4 members (excludes halogenated alkanes) is 3. The number of amides is 1. The lowest BCUT2D eigenvalue weighted by atomic mass is 10.1. The molecule has 1 aromatic rings. The lowest BCUT2D eigenvalue weighted by Crippen LogP contribution is -2.32. The smallest absolute Gasteiger partial charge is 0.238 e. The Labute approximate surface area is 121 Å². The van der Waals surface area contributed by atoms with Crippen LogP contribution in [0.15, 0.2) is 30.3 Å². The third-order valence-corrected chi connectivity index (χ3v) is 3.57. The van der Waals surface area contributed by atoms with Crippen molar-refractivity contribution in [3.8, 4) is 0 Å². The van der Waals surface area contributed by atoms with E-state index >= 15 is 0 Å². The second-order valence-corrected chi connectivity index (χ2v) is 5.37. The second-order valence-electron chi connectivity index (χ2n) is 4.84. The maximum absolute atomic E-state index is 11.8. The average Bonchev–Trinajstić information content (AvgIpc) is 2.44. The summed E-state index contributed by atoms with van der Waals surface area (Å²) in [5, 5.41) is 2.52. The third-order valence-electron chi connectivity index (χ3n) is 3.15. The van der Waals surface area contributed by atoms with Gasteiger partial charge in [0.25, 0.3) is 0 Å². The summed E-state index contributed by atoms with van der Waals surface area (Å²) in [6.07, 6.45) is 6.26. The largest absolute Gasteiger partial charge is 0.354 e. The maximum atomic E-state index is 11.8. The van der Waals surface area contributed by atoms with Crippen molar-refractivity contribution in [2.75, 3.05) is 6.54 Å². The van der Waals surface area contributed by atoms with Gasteiger partial charge in [-0.15, -0.1) is 11.6 Å².